The number of aromatic nitrogens is 2. The number of aromatic amines is 1. The van der Waals surface area contributed by atoms with Crippen molar-refractivity contribution >= 4 is 41.7 Å². The smallest absolute Gasteiger partial charge is 0.331 e. The Morgan fingerprint density at radius 3 is 2.66 bits per heavy atom. The minimum atomic E-state index is -0.00151. The lowest BCUT2D eigenvalue weighted by atomic mass is 9.85. The number of carbonyl (C=O) groups is 1. The van der Waals surface area contributed by atoms with Gasteiger partial charge in [-0.3, -0.25) is 14.8 Å². The molecule has 1 atom stereocenters. The van der Waals surface area contributed by atoms with Gasteiger partial charge in [-0.1, -0.05) is 37.1 Å². The summed E-state index contributed by atoms with van der Waals surface area (Å²) in [6.07, 6.45) is 5.28. The van der Waals surface area contributed by atoms with E-state index in [1.807, 2.05) is 34.1 Å². The molecule has 0 bridgehead atoms. The maximum atomic E-state index is 13.2. The summed E-state index contributed by atoms with van der Waals surface area (Å²) in [5.74, 6) is 3.01. The van der Waals surface area contributed by atoms with Gasteiger partial charge in [0.1, 0.15) is 11.5 Å². The van der Waals surface area contributed by atoms with Crippen LogP contribution in [0.1, 0.15) is 55.6 Å². The molecule has 1 aromatic carbocycles. The molecule has 0 spiro atoms. The average Bonchev–Trinajstić information content (AvgIpc) is 3.24. The van der Waals surface area contributed by atoms with E-state index in [9.17, 15) is 4.79 Å². The van der Waals surface area contributed by atoms with Crippen LogP contribution < -0.4 is 4.90 Å². The number of urea groups is 1. The van der Waals surface area contributed by atoms with E-state index >= 15 is 0 Å². The van der Waals surface area contributed by atoms with Crippen LogP contribution in [0.5, 0.6) is 0 Å². The van der Waals surface area contributed by atoms with Crippen LogP contribution in [0.4, 0.5) is 10.6 Å². The van der Waals surface area contributed by atoms with E-state index in [0.29, 0.717) is 19.0 Å². The minimum Gasteiger partial charge on any atom is -0.337 e. The van der Waals surface area contributed by atoms with Crippen molar-refractivity contribution in [2.45, 2.75) is 51.0 Å². The number of amides is 2. The number of nitrogens with one attached hydrogen (secondary N) is 1. The van der Waals surface area contributed by atoms with Crippen LogP contribution in [-0.2, 0) is 6.42 Å². The zero-order chi connectivity index (χ0) is 19.3. The summed E-state index contributed by atoms with van der Waals surface area (Å²) in [6.45, 7) is 3.37. The molecule has 1 aromatic heterocycles. The summed E-state index contributed by atoms with van der Waals surface area (Å²) in [5, 5.41) is 0.731. The van der Waals surface area contributed by atoms with Crippen LogP contribution in [0.15, 0.2) is 29.3 Å². The molecule has 1 saturated carbocycles. The molecule has 1 fully saturated rings. The predicted molar refractivity (Wildman–Crippen MR) is 118 cm³/mol. The van der Waals surface area contributed by atoms with Crippen molar-refractivity contribution in [3.63, 3.8) is 0 Å². The van der Waals surface area contributed by atoms with E-state index in [4.69, 9.17) is 21.6 Å². The van der Waals surface area contributed by atoms with Crippen molar-refractivity contribution in [2.24, 2.45) is 4.99 Å². The van der Waals surface area contributed by atoms with Crippen molar-refractivity contribution in [1.82, 2.24) is 14.9 Å². The van der Waals surface area contributed by atoms with Crippen LogP contribution in [0.25, 0.3) is 0 Å². The number of hydrogen-bond acceptors (Lipinski definition) is 3. The number of halogens is 2. The second kappa shape index (κ2) is 8.00. The highest BCUT2D eigenvalue weighted by atomic mass is 35.5. The number of anilines is 1. The molecule has 6 nitrogen and oxygen atoms in total. The molecule has 3 heterocycles. The van der Waals surface area contributed by atoms with E-state index in [2.05, 4.69) is 11.9 Å². The Morgan fingerprint density at radius 2 is 2.00 bits per heavy atom. The highest BCUT2D eigenvalue weighted by Crippen LogP contribution is 2.38. The van der Waals surface area contributed by atoms with Crippen molar-refractivity contribution in [1.29, 1.82) is 0 Å². The number of hydrogen-bond donors (Lipinski definition) is 1. The van der Waals surface area contributed by atoms with Gasteiger partial charge >= 0.3 is 6.03 Å². The summed E-state index contributed by atoms with van der Waals surface area (Å²) in [4.78, 5) is 30.1. The molecule has 1 aliphatic carbocycles. The zero-order valence-corrected chi connectivity index (χ0v) is 18.0. The zero-order valence-electron chi connectivity index (χ0n) is 16.4. The van der Waals surface area contributed by atoms with Crippen molar-refractivity contribution < 1.29 is 4.79 Å². The van der Waals surface area contributed by atoms with Gasteiger partial charge in [0.15, 0.2) is 11.7 Å². The number of fused-ring (bicyclic) bond motifs is 3. The fraction of sp³-hybridized carbons (Fsp3) is 0.476. The Morgan fingerprint density at radius 1 is 1.24 bits per heavy atom. The number of carbonyl (C=O) groups excluding carboxylic acids is 1. The first kappa shape index (κ1) is 20.2. The molecule has 2 aliphatic heterocycles. The minimum absolute atomic E-state index is 0. The highest BCUT2D eigenvalue weighted by Gasteiger charge is 2.42. The van der Waals surface area contributed by atoms with Gasteiger partial charge in [0.2, 0.25) is 0 Å². The van der Waals surface area contributed by atoms with Crippen LogP contribution in [0, 0.1) is 0 Å². The maximum Gasteiger partial charge on any atom is 0.331 e. The monoisotopic (exact) mass is 433 g/mol. The SMILES string of the molecule is CCCN1C(=O)N2CC(Cc3ccc(Cl)cc3)N=C2c2[nH]c(C3CCC3)nc21.Cl. The summed E-state index contributed by atoms with van der Waals surface area (Å²) < 4.78 is 0. The lowest BCUT2D eigenvalue weighted by Gasteiger charge is -2.32. The Hall–Kier alpha value is -2.05. The van der Waals surface area contributed by atoms with E-state index in [1.54, 1.807) is 0 Å². The van der Waals surface area contributed by atoms with E-state index in [-0.39, 0.29) is 24.5 Å². The Kier molecular flexibility index (Phi) is 5.58. The topological polar surface area (TPSA) is 64.6 Å². The number of benzene rings is 1. The molecule has 154 valence electrons. The van der Waals surface area contributed by atoms with E-state index in [1.165, 1.54) is 24.8 Å². The quantitative estimate of drug-likeness (QED) is 0.737. The van der Waals surface area contributed by atoms with Gasteiger partial charge in [-0.25, -0.2) is 9.78 Å². The molecular formula is C21H25Cl2N5O. The Balaban J connectivity index is 0.00000205. The first-order valence-corrected chi connectivity index (χ1v) is 10.5. The summed E-state index contributed by atoms with van der Waals surface area (Å²) in [5.41, 5.74) is 2.09. The third kappa shape index (κ3) is 3.53. The fourth-order valence-corrected chi connectivity index (χ4v) is 4.35. The number of rotatable bonds is 5. The third-order valence-electron chi connectivity index (χ3n) is 5.92. The van der Waals surface area contributed by atoms with Gasteiger partial charge in [0, 0.05) is 17.5 Å². The number of nitrogens with zero attached hydrogens (tertiary/aromatic N) is 4. The Bertz CT molecular complexity index is 935. The van der Waals surface area contributed by atoms with E-state index in [0.717, 1.165) is 41.0 Å². The van der Waals surface area contributed by atoms with Crippen LogP contribution in [0.2, 0.25) is 5.02 Å². The first-order chi connectivity index (χ1) is 13.6. The summed E-state index contributed by atoms with van der Waals surface area (Å²) >= 11 is 6.00. The molecular weight excluding hydrogens is 409 g/mol. The first-order valence-electron chi connectivity index (χ1n) is 10.2. The molecule has 0 saturated heterocycles. The van der Waals surface area contributed by atoms with Gasteiger partial charge in [-0.05, 0) is 43.4 Å². The summed E-state index contributed by atoms with van der Waals surface area (Å²) in [7, 11) is 0. The second-order valence-electron chi connectivity index (χ2n) is 7.93. The molecule has 8 heteroatoms. The van der Waals surface area contributed by atoms with Gasteiger partial charge in [-0.2, -0.15) is 0 Å². The van der Waals surface area contributed by atoms with Crippen molar-refractivity contribution in [3.05, 3.63) is 46.4 Å². The molecule has 2 amide bonds. The fourth-order valence-electron chi connectivity index (χ4n) is 4.22. The van der Waals surface area contributed by atoms with Gasteiger partial charge in [0.25, 0.3) is 0 Å². The van der Waals surface area contributed by atoms with Gasteiger partial charge in [-0.15, -0.1) is 12.4 Å². The van der Waals surface area contributed by atoms with Gasteiger partial charge < -0.3 is 4.98 Å². The van der Waals surface area contributed by atoms with Crippen LogP contribution in [0.3, 0.4) is 0 Å². The lowest BCUT2D eigenvalue weighted by Crippen LogP contribution is -2.50. The lowest BCUT2D eigenvalue weighted by molar-refractivity contribution is 0.226. The molecule has 29 heavy (non-hydrogen) atoms. The van der Waals surface area contributed by atoms with Crippen molar-refractivity contribution in [2.75, 3.05) is 18.0 Å². The normalized spacial score (nSPS) is 20.7. The highest BCUT2D eigenvalue weighted by molar-refractivity contribution is 6.30. The van der Waals surface area contributed by atoms with Crippen LogP contribution >= 0.6 is 24.0 Å². The van der Waals surface area contributed by atoms with Crippen molar-refractivity contribution in [3.8, 4) is 0 Å². The maximum absolute atomic E-state index is 13.2. The average molecular weight is 434 g/mol. The third-order valence-corrected chi connectivity index (χ3v) is 6.17. The summed E-state index contributed by atoms with van der Waals surface area (Å²) in [6, 6.07) is 7.91. The second-order valence-corrected chi connectivity index (χ2v) is 8.37. The number of amidine groups is 1. The Labute approximate surface area is 181 Å². The molecule has 3 aliphatic rings. The molecule has 2 aromatic rings. The predicted octanol–water partition coefficient (Wildman–Crippen LogP) is 4.78. The number of imidazole rings is 1. The molecule has 0 radical (unpaired) electrons. The molecule has 1 N–H and O–H groups in total. The number of aliphatic imine (C=N–C) groups is 1. The van der Waals surface area contributed by atoms with Crippen LogP contribution in [-0.4, -0.2) is 45.9 Å². The molecule has 5 rings (SSSR count). The van der Waals surface area contributed by atoms with Gasteiger partial charge in [0.05, 0.1) is 12.6 Å². The standard InChI is InChI=1S/C21H24ClN5O.ClH/c1-2-10-26-20-17(24-18(25-20)14-4-3-5-14)19-23-16(12-27(19)21(26)28)11-13-6-8-15(22)9-7-13;/h6-9,14,16H,2-5,10-12H2,1H3,(H,24,25);1H. The number of H-pyrrole nitrogens is 1. The largest absolute Gasteiger partial charge is 0.337 e. The van der Waals surface area contributed by atoms with E-state index < -0.39 is 0 Å². The molecule has 1 unspecified atom stereocenters.